The van der Waals surface area contributed by atoms with Crippen molar-refractivity contribution < 1.29 is 4.79 Å². The van der Waals surface area contributed by atoms with Gasteiger partial charge in [0.05, 0.1) is 10.7 Å². The van der Waals surface area contributed by atoms with Crippen LogP contribution in [0, 0.1) is 5.92 Å². The van der Waals surface area contributed by atoms with E-state index < -0.39 is 0 Å². The predicted molar refractivity (Wildman–Crippen MR) is 88.3 cm³/mol. The molecule has 0 saturated carbocycles. The van der Waals surface area contributed by atoms with Crippen molar-refractivity contribution in [2.24, 2.45) is 5.92 Å². The fraction of sp³-hybridized carbons (Fsp3) is 0.533. The van der Waals surface area contributed by atoms with E-state index >= 15 is 0 Å². The molecule has 0 unspecified atom stereocenters. The summed E-state index contributed by atoms with van der Waals surface area (Å²) in [4.78, 5) is 14.2. The number of urea groups is 1. The van der Waals surface area contributed by atoms with E-state index in [9.17, 15) is 4.79 Å². The van der Waals surface area contributed by atoms with Gasteiger partial charge in [0, 0.05) is 18.1 Å². The number of rotatable bonds is 4. The van der Waals surface area contributed by atoms with E-state index in [-0.39, 0.29) is 6.03 Å². The van der Waals surface area contributed by atoms with E-state index in [4.69, 9.17) is 23.2 Å². The zero-order valence-electron chi connectivity index (χ0n) is 12.2. The summed E-state index contributed by atoms with van der Waals surface area (Å²) in [5.41, 5.74) is 0.554. The van der Waals surface area contributed by atoms with Crippen LogP contribution in [0.25, 0.3) is 0 Å². The lowest BCUT2D eigenvalue weighted by molar-refractivity contribution is 0.196. The molecule has 1 aromatic rings. The Hall–Kier alpha value is -0.970. The number of carbonyl (C=O) groups is 1. The van der Waals surface area contributed by atoms with Gasteiger partial charge in [-0.1, -0.05) is 23.2 Å². The average Bonchev–Trinajstić information content (AvgIpc) is 2.49. The minimum Gasteiger partial charge on any atom is -0.325 e. The van der Waals surface area contributed by atoms with E-state index in [1.165, 1.54) is 0 Å². The van der Waals surface area contributed by atoms with Crippen molar-refractivity contribution in [2.75, 3.05) is 31.5 Å². The number of carbonyl (C=O) groups excluding carboxylic acids is 1. The van der Waals surface area contributed by atoms with E-state index in [0.717, 1.165) is 32.5 Å². The van der Waals surface area contributed by atoms with Crippen LogP contribution in [0.4, 0.5) is 10.5 Å². The van der Waals surface area contributed by atoms with Crippen LogP contribution in [0.2, 0.25) is 10.0 Å². The van der Waals surface area contributed by atoms with Gasteiger partial charge in [-0.25, -0.2) is 4.79 Å². The molecule has 1 saturated heterocycles. The van der Waals surface area contributed by atoms with Gasteiger partial charge in [0.2, 0.25) is 0 Å². The molecule has 1 aromatic carbocycles. The normalized spacial score (nSPS) is 15.8. The second kappa shape index (κ2) is 7.87. The Labute approximate surface area is 135 Å². The van der Waals surface area contributed by atoms with Crippen LogP contribution in [0.15, 0.2) is 18.2 Å². The average molecular weight is 330 g/mol. The standard InChI is InChI=1S/C15H21Cl2N3O/c1-2-20(10-11-5-7-18-8-6-11)15(21)19-14-9-12(16)3-4-13(14)17/h3-4,9,11,18H,2,5-8,10H2,1H3,(H,19,21). The van der Waals surface area contributed by atoms with E-state index in [1.54, 1.807) is 18.2 Å². The highest BCUT2D eigenvalue weighted by Crippen LogP contribution is 2.26. The number of hydrogen-bond donors (Lipinski definition) is 2. The number of nitrogens with one attached hydrogen (secondary N) is 2. The molecular weight excluding hydrogens is 309 g/mol. The van der Waals surface area contributed by atoms with Crippen molar-refractivity contribution in [3.8, 4) is 0 Å². The molecule has 0 radical (unpaired) electrons. The topological polar surface area (TPSA) is 44.4 Å². The predicted octanol–water partition coefficient (Wildman–Crippen LogP) is 3.85. The number of piperidine rings is 1. The molecule has 2 amide bonds. The van der Waals surface area contributed by atoms with Crippen molar-refractivity contribution in [2.45, 2.75) is 19.8 Å². The Kier molecular flexibility index (Phi) is 6.15. The molecule has 1 heterocycles. The molecular formula is C15H21Cl2N3O. The fourth-order valence-corrected chi connectivity index (χ4v) is 2.86. The molecule has 2 N–H and O–H groups in total. The largest absolute Gasteiger partial charge is 0.325 e. The molecule has 116 valence electrons. The smallest absolute Gasteiger partial charge is 0.321 e. The summed E-state index contributed by atoms with van der Waals surface area (Å²) in [6, 6.07) is 4.93. The zero-order valence-corrected chi connectivity index (χ0v) is 13.7. The van der Waals surface area contributed by atoms with Crippen LogP contribution in [0.1, 0.15) is 19.8 Å². The van der Waals surface area contributed by atoms with Gasteiger partial charge < -0.3 is 15.5 Å². The summed E-state index contributed by atoms with van der Waals surface area (Å²) in [7, 11) is 0. The first-order chi connectivity index (χ1) is 10.1. The zero-order chi connectivity index (χ0) is 15.2. The SMILES string of the molecule is CCN(CC1CCNCC1)C(=O)Nc1cc(Cl)ccc1Cl. The van der Waals surface area contributed by atoms with Gasteiger partial charge in [0.1, 0.15) is 0 Å². The van der Waals surface area contributed by atoms with Crippen LogP contribution in [0.5, 0.6) is 0 Å². The van der Waals surface area contributed by atoms with Gasteiger partial charge in [-0.05, 0) is 57.0 Å². The highest BCUT2D eigenvalue weighted by atomic mass is 35.5. The summed E-state index contributed by atoms with van der Waals surface area (Å²) >= 11 is 12.0. The number of anilines is 1. The maximum atomic E-state index is 12.4. The Morgan fingerprint density at radius 3 is 2.76 bits per heavy atom. The van der Waals surface area contributed by atoms with Crippen LogP contribution in [-0.4, -0.2) is 37.1 Å². The molecule has 1 fully saturated rings. The molecule has 0 spiro atoms. The third-order valence-corrected chi connectivity index (χ3v) is 4.34. The van der Waals surface area contributed by atoms with Crippen LogP contribution in [0.3, 0.4) is 0 Å². The first-order valence-electron chi connectivity index (χ1n) is 7.32. The van der Waals surface area contributed by atoms with Crippen molar-refractivity contribution in [3.05, 3.63) is 28.2 Å². The molecule has 1 aliphatic heterocycles. The molecule has 2 rings (SSSR count). The van der Waals surface area contributed by atoms with Gasteiger partial charge in [-0.3, -0.25) is 0 Å². The van der Waals surface area contributed by atoms with E-state index in [2.05, 4.69) is 10.6 Å². The minimum absolute atomic E-state index is 0.125. The molecule has 0 aliphatic carbocycles. The Bertz CT molecular complexity index is 490. The third kappa shape index (κ3) is 4.77. The van der Waals surface area contributed by atoms with E-state index in [0.29, 0.717) is 28.2 Å². The summed E-state index contributed by atoms with van der Waals surface area (Å²) in [6.45, 7) is 5.50. The number of hydrogen-bond acceptors (Lipinski definition) is 2. The number of benzene rings is 1. The number of nitrogens with zero attached hydrogens (tertiary/aromatic N) is 1. The molecule has 6 heteroatoms. The number of halogens is 2. The second-order valence-corrected chi connectivity index (χ2v) is 6.13. The maximum Gasteiger partial charge on any atom is 0.321 e. The molecule has 4 nitrogen and oxygen atoms in total. The Morgan fingerprint density at radius 2 is 2.10 bits per heavy atom. The first-order valence-corrected chi connectivity index (χ1v) is 8.07. The van der Waals surface area contributed by atoms with Gasteiger partial charge in [0.25, 0.3) is 0 Å². The number of amides is 2. The quantitative estimate of drug-likeness (QED) is 0.881. The Morgan fingerprint density at radius 1 is 1.38 bits per heavy atom. The van der Waals surface area contributed by atoms with Gasteiger partial charge in [-0.2, -0.15) is 0 Å². The highest BCUT2D eigenvalue weighted by Gasteiger charge is 2.20. The van der Waals surface area contributed by atoms with Gasteiger partial charge in [0.15, 0.2) is 0 Å². The van der Waals surface area contributed by atoms with Gasteiger partial charge >= 0.3 is 6.03 Å². The summed E-state index contributed by atoms with van der Waals surface area (Å²) in [6.07, 6.45) is 2.23. The fourth-order valence-electron chi connectivity index (χ4n) is 2.52. The lowest BCUT2D eigenvalue weighted by atomic mass is 9.98. The summed E-state index contributed by atoms with van der Waals surface area (Å²) < 4.78 is 0. The maximum absolute atomic E-state index is 12.4. The second-order valence-electron chi connectivity index (χ2n) is 5.29. The summed E-state index contributed by atoms with van der Waals surface area (Å²) in [5.74, 6) is 0.562. The van der Waals surface area contributed by atoms with Crippen molar-refractivity contribution >= 4 is 34.9 Å². The van der Waals surface area contributed by atoms with Crippen molar-refractivity contribution in [1.82, 2.24) is 10.2 Å². The highest BCUT2D eigenvalue weighted by molar-refractivity contribution is 6.35. The van der Waals surface area contributed by atoms with Crippen LogP contribution in [-0.2, 0) is 0 Å². The molecule has 1 aliphatic rings. The molecule has 0 bridgehead atoms. The summed E-state index contributed by atoms with van der Waals surface area (Å²) in [5, 5.41) is 7.23. The minimum atomic E-state index is -0.125. The van der Waals surface area contributed by atoms with Gasteiger partial charge in [-0.15, -0.1) is 0 Å². The first kappa shape index (κ1) is 16.4. The molecule has 0 atom stereocenters. The van der Waals surface area contributed by atoms with Crippen molar-refractivity contribution in [3.63, 3.8) is 0 Å². The molecule has 0 aromatic heterocycles. The third-order valence-electron chi connectivity index (χ3n) is 3.78. The van der Waals surface area contributed by atoms with Crippen LogP contribution >= 0.6 is 23.2 Å². The lowest BCUT2D eigenvalue weighted by Crippen LogP contribution is -2.41. The lowest BCUT2D eigenvalue weighted by Gasteiger charge is -2.29. The molecule has 21 heavy (non-hydrogen) atoms. The van der Waals surface area contributed by atoms with Crippen molar-refractivity contribution in [1.29, 1.82) is 0 Å². The van der Waals surface area contributed by atoms with Crippen LogP contribution < -0.4 is 10.6 Å². The van der Waals surface area contributed by atoms with E-state index in [1.807, 2.05) is 11.8 Å². The Balaban J connectivity index is 1.97. The monoisotopic (exact) mass is 329 g/mol.